The van der Waals surface area contributed by atoms with Crippen molar-refractivity contribution >= 4 is 28.5 Å². The number of nitrogens with zero attached hydrogens (tertiary/aromatic N) is 3. The number of morpholine rings is 1. The van der Waals surface area contributed by atoms with Crippen molar-refractivity contribution in [2.75, 3.05) is 32.0 Å². The van der Waals surface area contributed by atoms with Crippen molar-refractivity contribution in [3.8, 4) is 0 Å². The summed E-state index contributed by atoms with van der Waals surface area (Å²) in [5.41, 5.74) is 11.2. The quantitative estimate of drug-likeness (QED) is 0.693. The van der Waals surface area contributed by atoms with Crippen LogP contribution in [0.2, 0.25) is 0 Å². The molecule has 1 atom stereocenters. The number of anilines is 1. The van der Waals surface area contributed by atoms with Crippen molar-refractivity contribution < 1.29 is 14.3 Å². The molecule has 30 heavy (non-hydrogen) atoms. The van der Waals surface area contributed by atoms with Gasteiger partial charge in [-0.2, -0.15) is 0 Å². The average molecular weight is 403 g/mol. The van der Waals surface area contributed by atoms with E-state index in [2.05, 4.69) is 15.3 Å². The van der Waals surface area contributed by atoms with Gasteiger partial charge in [0.15, 0.2) is 0 Å². The first-order valence-electron chi connectivity index (χ1n) is 9.84. The number of benzene rings is 2. The van der Waals surface area contributed by atoms with Crippen LogP contribution in [0.1, 0.15) is 32.4 Å². The lowest BCUT2D eigenvalue weighted by Gasteiger charge is -2.37. The molecule has 0 saturated carbocycles. The van der Waals surface area contributed by atoms with Gasteiger partial charge in [-0.3, -0.25) is 19.9 Å². The van der Waals surface area contributed by atoms with E-state index in [4.69, 9.17) is 10.5 Å². The molecule has 0 bridgehead atoms. The van der Waals surface area contributed by atoms with Crippen LogP contribution in [0, 0.1) is 0 Å². The molecule has 2 aliphatic rings. The first-order valence-corrected chi connectivity index (χ1v) is 9.84. The number of hydrogen-bond donors (Lipinski definition) is 2. The molecule has 5 rings (SSSR count). The molecule has 2 aromatic carbocycles. The van der Waals surface area contributed by atoms with Crippen LogP contribution in [0.3, 0.4) is 0 Å². The fourth-order valence-electron chi connectivity index (χ4n) is 4.07. The van der Waals surface area contributed by atoms with E-state index in [9.17, 15) is 9.59 Å². The van der Waals surface area contributed by atoms with Crippen LogP contribution in [0.15, 0.2) is 54.6 Å². The van der Waals surface area contributed by atoms with Gasteiger partial charge in [0.05, 0.1) is 24.3 Å². The van der Waals surface area contributed by atoms with E-state index in [1.54, 1.807) is 12.1 Å². The molecule has 3 N–H and O–H groups in total. The van der Waals surface area contributed by atoms with Crippen LogP contribution in [0.5, 0.6) is 0 Å². The van der Waals surface area contributed by atoms with Gasteiger partial charge in [0.2, 0.25) is 0 Å². The minimum atomic E-state index is -0.467. The third-order valence-electron chi connectivity index (χ3n) is 5.54. The smallest absolute Gasteiger partial charge is 0.274 e. The summed E-state index contributed by atoms with van der Waals surface area (Å²) in [6, 6.07) is 16.6. The fraction of sp³-hybridized carbons (Fsp3) is 0.227. The van der Waals surface area contributed by atoms with Gasteiger partial charge >= 0.3 is 0 Å². The third-order valence-corrected chi connectivity index (χ3v) is 5.54. The van der Waals surface area contributed by atoms with Crippen molar-refractivity contribution in [2.45, 2.75) is 6.17 Å². The predicted molar refractivity (Wildman–Crippen MR) is 111 cm³/mol. The van der Waals surface area contributed by atoms with Gasteiger partial charge in [-0.05, 0) is 18.2 Å². The Morgan fingerprint density at radius 3 is 2.67 bits per heavy atom. The number of nitrogens with two attached hydrogens (primary N) is 1. The number of nitrogens with one attached hydrogen (secondary N) is 1. The largest absolute Gasteiger partial charge is 0.383 e. The monoisotopic (exact) mass is 403 g/mol. The van der Waals surface area contributed by atoms with Crippen LogP contribution in [0.4, 0.5) is 5.82 Å². The highest BCUT2D eigenvalue weighted by atomic mass is 16.5. The van der Waals surface area contributed by atoms with Crippen LogP contribution in [0.25, 0.3) is 10.9 Å². The number of pyridine rings is 1. The molecule has 3 aromatic rings. The van der Waals surface area contributed by atoms with Crippen LogP contribution in [-0.4, -0.2) is 53.0 Å². The highest BCUT2D eigenvalue weighted by Crippen LogP contribution is 2.35. The third kappa shape index (κ3) is 3.06. The minimum absolute atomic E-state index is 0.123. The lowest BCUT2D eigenvalue weighted by molar-refractivity contribution is -0.0337. The van der Waals surface area contributed by atoms with Crippen molar-refractivity contribution in [3.05, 3.63) is 71.3 Å². The SMILES string of the molecule is Nc1nc2ccccc2cc1C(=O)NN1C(=O)c2ccccc2C1N1CCOCC1. The molecular weight excluding hydrogens is 382 g/mol. The maximum atomic E-state index is 13.1. The second kappa shape index (κ2) is 7.40. The summed E-state index contributed by atoms with van der Waals surface area (Å²) < 4.78 is 5.46. The number of amides is 2. The van der Waals surface area contributed by atoms with Gasteiger partial charge in [0, 0.05) is 29.6 Å². The summed E-state index contributed by atoms with van der Waals surface area (Å²) in [6.07, 6.45) is -0.392. The zero-order chi connectivity index (χ0) is 20.7. The molecule has 0 spiro atoms. The maximum Gasteiger partial charge on any atom is 0.274 e. The highest BCUT2D eigenvalue weighted by molar-refractivity contribution is 6.05. The van der Waals surface area contributed by atoms with Gasteiger partial charge in [0.25, 0.3) is 11.8 Å². The van der Waals surface area contributed by atoms with Crippen molar-refractivity contribution in [1.82, 2.24) is 20.3 Å². The standard InChI is InChI=1S/C22H21N5O3/c23-19-17(13-14-5-1-4-8-18(14)24-19)20(28)25-27-21(26-9-11-30-12-10-26)15-6-2-3-7-16(15)22(27)29/h1-8,13,21H,9-12H2,(H2,23,24)(H,25,28). The van der Waals surface area contributed by atoms with Gasteiger partial charge in [-0.25, -0.2) is 9.99 Å². The Kier molecular flexibility index (Phi) is 4.57. The summed E-state index contributed by atoms with van der Waals surface area (Å²) in [6.45, 7) is 2.49. The van der Waals surface area contributed by atoms with E-state index in [0.29, 0.717) is 37.4 Å². The Balaban J connectivity index is 1.49. The van der Waals surface area contributed by atoms with E-state index < -0.39 is 12.1 Å². The number of fused-ring (bicyclic) bond motifs is 2. The first-order chi connectivity index (χ1) is 14.6. The number of para-hydroxylation sites is 1. The lowest BCUT2D eigenvalue weighted by Crippen LogP contribution is -2.52. The Morgan fingerprint density at radius 2 is 1.83 bits per heavy atom. The molecule has 0 radical (unpaired) electrons. The van der Waals surface area contributed by atoms with Gasteiger partial charge in [0.1, 0.15) is 12.0 Å². The number of hydrogen-bond acceptors (Lipinski definition) is 6. The van der Waals surface area contributed by atoms with Crippen molar-refractivity contribution in [2.24, 2.45) is 0 Å². The summed E-state index contributed by atoms with van der Waals surface area (Å²) >= 11 is 0. The summed E-state index contributed by atoms with van der Waals surface area (Å²) in [7, 11) is 0. The first kappa shape index (κ1) is 18.5. The van der Waals surface area contributed by atoms with Gasteiger partial charge in [-0.1, -0.05) is 36.4 Å². The second-order valence-electron chi connectivity index (χ2n) is 7.34. The lowest BCUT2D eigenvalue weighted by atomic mass is 10.1. The number of ether oxygens (including phenoxy) is 1. The molecular formula is C22H21N5O3. The summed E-state index contributed by atoms with van der Waals surface area (Å²) in [5, 5.41) is 2.20. The molecule has 1 aromatic heterocycles. The second-order valence-corrected chi connectivity index (χ2v) is 7.34. The molecule has 8 heteroatoms. The van der Waals surface area contributed by atoms with Gasteiger partial charge in [-0.15, -0.1) is 0 Å². The summed E-state index contributed by atoms with van der Waals surface area (Å²) in [5.74, 6) is -0.591. The predicted octanol–water partition coefficient (Wildman–Crippen LogP) is 1.95. The van der Waals surface area contributed by atoms with Crippen LogP contribution in [-0.2, 0) is 4.74 Å². The molecule has 0 aliphatic carbocycles. The molecule has 3 heterocycles. The molecule has 1 saturated heterocycles. The average Bonchev–Trinajstić information content (AvgIpc) is 3.05. The number of carbonyl (C=O) groups is 2. The Hall–Kier alpha value is -3.49. The Morgan fingerprint density at radius 1 is 1.10 bits per heavy atom. The Labute approximate surface area is 173 Å². The topological polar surface area (TPSA) is 101 Å². The molecule has 152 valence electrons. The Bertz CT molecular complexity index is 1140. The van der Waals surface area contributed by atoms with Crippen LogP contribution < -0.4 is 11.2 Å². The maximum absolute atomic E-state index is 13.1. The van der Waals surface area contributed by atoms with E-state index >= 15 is 0 Å². The summed E-state index contributed by atoms with van der Waals surface area (Å²) in [4.78, 5) is 32.7. The van der Waals surface area contributed by atoms with Gasteiger partial charge < -0.3 is 10.5 Å². The van der Waals surface area contributed by atoms with E-state index in [-0.39, 0.29) is 17.3 Å². The number of carbonyl (C=O) groups excluding carboxylic acids is 2. The number of aromatic nitrogens is 1. The molecule has 1 unspecified atom stereocenters. The van der Waals surface area contributed by atoms with E-state index in [1.165, 1.54) is 5.01 Å². The number of hydrazine groups is 1. The van der Waals surface area contributed by atoms with E-state index in [0.717, 1.165) is 10.9 Å². The van der Waals surface area contributed by atoms with Crippen molar-refractivity contribution in [3.63, 3.8) is 0 Å². The van der Waals surface area contributed by atoms with Crippen LogP contribution >= 0.6 is 0 Å². The van der Waals surface area contributed by atoms with E-state index in [1.807, 2.05) is 42.5 Å². The highest BCUT2D eigenvalue weighted by Gasteiger charge is 2.41. The number of rotatable bonds is 3. The molecule has 1 fully saturated rings. The minimum Gasteiger partial charge on any atom is -0.383 e. The molecule has 8 nitrogen and oxygen atoms in total. The zero-order valence-electron chi connectivity index (χ0n) is 16.2. The zero-order valence-corrected chi connectivity index (χ0v) is 16.2. The molecule has 2 aliphatic heterocycles. The number of nitrogen functional groups attached to an aromatic ring is 1. The molecule has 2 amide bonds. The fourth-order valence-corrected chi connectivity index (χ4v) is 4.07. The normalized spacial score (nSPS) is 19.1. The van der Waals surface area contributed by atoms with Crippen molar-refractivity contribution in [1.29, 1.82) is 0 Å².